The van der Waals surface area contributed by atoms with Crippen LogP contribution in [0.2, 0.25) is 39.3 Å². The van der Waals surface area contributed by atoms with Gasteiger partial charge in [-0.1, -0.05) is 0 Å². The molecule has 166 valence electrons. The first-order valence-corrected chi connectivity index (χ1v) is 19.5. The van der Waals surface area contributed by atoms with Crippen LogP contribution in [-0.2, 0) is 0 Å². The van der Waals surface area contributed by atoms with Gasteiger partial charge in [0.2, 0.25) is 0 Å². The third-order valence-corrected chi connectivity index (χ3v) is 22.2. The monoisotopic (exact) mass is 457 g/mol. The summed E-state index contributed by atoms with van der Waals surface area (Å²) in [6, 6.07) is 9.73. The summed E-state index contributed by atoms with van der Waals surface area (Å²) in [6.45, 7) is 24.0. The molecule has 0 saturated heterocycles. The van der Waals surface area contributed by atoms with E-state index in [1.165, 1.54) is 0 Å². The topological polar surface area (TPSA) is 9.49 Å². The standard InChI is InChI=1S/C21H41F2N3Si3/c1-20(2,3)24-19(18-16-14-13-15-17-18)25(21(4,5)6)29(24,22,23)26(27(7,8)9)28(10,11)12/h13-17H,1-12H3. The van der Waals surface area contributed by atoms with Crippen LogP contribution in [0.1, 0.15) is 47.1 Å². The van der Waals surface area contributed by atoms with Gasteiger partial charge in [0.05, 0.1) is 0 Å². The molecule has 29 heavy (non-hydrogen) atoms. The summed E-state index contributed by atoms with van der Waals surface area (Å²) in [4.78, 5) is 0. The van der Waals surface area contributed by atoms with Crippen molar-refractivity contribution in [3.8, 4) is 0 Å². The van der Waals surface area contributed by atoms with Crippen LogP contribution >= 0.6 is 0 Å². The van der Waals surface area contributed by atoms with Gasteiger partial charge in [0.1, 0.15) is 0 Å². The van der Waals surface area contributed by atoms with Gasteiger partial charge < -0.3 is 0 Å². The first-order chi connectivity index (χ1) is 12.6. The van der Waals surface area contributed by atoms with E-state index in [1.807, 2.05) is 75.8 Å². The maximum absolute atomic E-state index is 17.8. The SMILES string of the molecule is CC(C)(C)N1C(c2ccccc2)=[N+](C(C)(C)C)[Si-]1(F)(F)N([Si](C)(C)C)[Si](C)(C)C. The number of amidine groups is 1. The maximum atomic E-state index is 17.8. The van der Waals surface area contributed by atoms with Gasteiger partial charge in [0.25, 0.3) is 0 Å². The molecular formula is C21H41F2N3Si3. The van der Waals surface area contributed by atoms with Crippen LogP contribution < -0.4 is 0 Å². The number of nitrogens with zero attached hydrogens (tertiary/aromatic N) is 3. The molecule has 0 radical (unpaired) electrons. The number of benzene rings is 1. The Hall–Kier alpha value is -0.839. The normalized spacial score (nSPS) is 21.6. The number of hydrogen-bond donors (Lipinski definition) is 0. The Morgan fingerprint density at radius 3 is 1.55 bits per heavy atom. The summed E-state index contributed by atoms with van der Waals surface area (Å²) in [5.41, 5.74) is -0.520. The van der Waals surface area contributed by atoms with Crippen molar-refractivity contribution in [2.24, 2.45) is 0 Å². The van der Waals surface area contributed by atoms with Gasteiger partial charge in [-0.2, -0.15) is 0 Å². The molecule has 1 aromatic carbocycles. The molecule has 1 aliphatic rings. The van der Waals surface area contributed by atoms with Crippen molar-refractivity contribution in [1.29, 1.82) is 0 Å². The predicted molar refractivity (Wildman–Crippen MR) is 129 cm³/mol. The third kappa shape index (κ3) is 3.81. The molecule has 0 aromatic heterocycles. The Kier molecular flexibility index (Phi) is 5.54. The molecular weight excluding hydrogens is 417 g/mol. The summed E-state index contributed by atoms with van der Waals surface area (Å²) in [5.74, 6) is 0.672. The van der Waals surface area contributed by atoms with Crippen LogP contribution in [0.25, 0.3) is 0 Å². The van der Waals surface area contributed by atoms with E-state index in [-0.39, 0.29) is 0 Å². The summed E-state index contributed by atoms with van der Waals surface area (Å²) >= 11 is 0. The van der Waals surface area contributed by atoms with Crippen molar-refractivity contribution in [2.45, 2.75) is 91.9 Å². The predicted octanol–water partition coefficient (Wildman–Crippen LogP) is 6.16. The second-order valence-electron chi connectivity index (χ2n) is 12.3. The molecule has 0 bridgehead atoms. The second kappa shape index (κ2) is 6.58. The Balaban J connectivity index is 3.06. The molecule has 1 heterocycles. The molecule has 0 atom stereocenters. The summed E-state index contributed by atoms with van der Waals surface area (Å²) in [6.07, 6.45) is 0. The van der Waals surface area contributed by atoms with E-state index < -0.39 is 36.1 Å². The molecule has 2 rings (SSSR count). The van der Waals surface area contributed by atoms with Crippen molar-refractivity contribution in [3.05, 3.63) is 35.9 Å². The van der Waals surface area contributed by atoms with Gasteiger partial charge in [-0.3, -0.25) is 0 Å². The van der Waals surface area contributed by atoms with Crippen LogP contribution in [0, 0.1) is 0 Å². The van der Waals surface area contributed by atoms with E-state index in [1.54, 1.807) is 8.81 Å². The van der Waals surface area contributed by atoms with Gasteiger partial charge in [-0.15, -0.1) is 0 Å². The number of halogens is 2. The molecule has 0 fully saturated rings. The quantitative estimate of drug-likeness (QED) is 0.396. The molecule has 0 aliphatic carbocycles. The van der Waals surface area contributed by atoms with E-state index in [4.69, 9.17) is 0 Å². The van der Waals surface area contributed by atoms with Gasteiger partial charge >= 0.3 is 180 Å². The van der Waals surface area contributed by atoms with Gasteiger partial charge in [-0.05, 0) is 0 Å². The van der Waals surface area contributed by atoms with E-state index in [2.05, 4.69) is 39.3 Å². The molecule has 0 amide bonds. The zero-order valence-electron chi connectivity index (χ0n) is 20.5. The molecule has 3 nitrogen and oxygen atoms in total. The van der Waals surface area contributed by atoms with Crippen molar-refractivity contribution >= 4 is 30.8 Å². The molecule has 0 saturated carbocycles. The molecule has 8 heteroatoms. The average Bonchev–Trinajstić information content (AvgIpc) is 2.38. The second-order valence-corrected chi connectivity index (χ2v) is 26.3. The van der Waals surface area contributed by atoms with Gasteiger partial charge in [0.15, 0.2) is 0 Å². The zero-order chi connectivity index (χ0) is 22.9. The number of hydrogen-bond acceptors (Lipinski definition) is 2. The van der Waals surface area contributed by atoms with Crippen LogP contribution in [-0.4, -0.2) is 54.6 Å². The Labute approximate surface area is 179 Å². The summed E-state index contributed by atoms with van der Waals surface area (Å²) in [7, 11) is -10.6. The molecule has 0 N–H and O–H groups in total. The van der Waals surface area contributed by atoms with Crippen LogP contribution in [0.5, 0.6) is 0 Å². The zero-order valence-corrected chi connectivity index (χ0v) is 23.5. The minimum absolute atomic E-state index is 0.672. The van der Waals surface area contributed by atoms with E-state index >= 15 is 8.22 Å². The van der Waals surface area contributed by atoms with E-state index in [0.29, 0.717) is 5.84 Å². The first-order valence-electron chi connectivity index (χ1n) is 10.6. The summed E-state index contributed by atoms with van der Waals surface area (Å²) in [5, 5.41) is 0. The van der Waals surface area contributed by atoms with Crippen LogP contribution in [0.3, 0.4) is 0 Å². The van der Waals surface area contributed by atoms with E-state index in [0.717, 1.165) is 5.56 Å². The van der Waals surface area contributed by atoms with Crippen molar-refractivity contribution in [3.63, 3.8) is 0 Å². The molecule has 0 unspecified atom stereocenters. The minimum atomic E-state index is -5.94. The fraction of sp³-hybridized carbons (Fsp3) is 0.667. The fourth-order valence-corrected chi connectivity index (χ4v) is 27.3. The molecule has 0 spiro atoms. The average molecular weight is 458 g/mol. The van der Waals surface area contributed by atoms with Crippen molar-refractivity contribution in [2.75, 3.05) is 0 Å². The number of rotatable bonds is 4. The molecule has 1 aromatic rings. The van der Waals surface area contributed by atoms with E-state index in [9.17, 15) is 0 Å². The first kappa shape index (κ1) is 24.4. The Bertz CT molecular complexity index is 797. The molecule has 1 aliphatic heterocycles. The van der Waals surface area contributed by atoms with Crippen LogP contribution in [0.15, 0.2) is 30.3 Å². The Morgan fingerprint density at radius 2 is 1.24 bits per heavy atom. The van der Waals surface area contributed by atoms with Gasteiger partial charge in [-0.25, -0.2) is 0 Å². The van der Waals surface area contributed by atoms with Crippen molar-refractivity contribution in [1.82, 2.24) is 8.46 Å². The summed E-state index contributed by atoms with van der Waals surface area (Å²) < 4.78 is 40.5. The Morgan fingerprint density at radius 1 is 0.828 bits per heavy atom. The third-order valence-electron chi connectivity index (χ3n) is 5.25. The van der Waals surface area contributed by atoms with Gasteiger partial charge in [0, 0.05) is 0 Å². The fourth-order valence-electron chi connectivity index (χ4n) is 5.41. The van der Waals surface area contributed by atoms with Crippen molar-refractivity contribution < 1.29 is 12.5 Å². The van der Waals surface area contributed by atoms with Crippen LogP contribution in [0.4, 0.5) is 8.22 Å².